The highest BCUT2D eigenvalue weighted by molar-refractivity contribution is 5.78. The Balaban J connectivity index is 1.45. The molecular formula is C17H20N2O3. The van der Waals surface area contributed by atoms with Gasteiger partial charge in [-0.1, -0.05) is 0 Å². The number of likely N-dealkylation sites (tertiary alicyclic amines) is 1. The van der Waals surface area contributed by atoms with Crippen LogP contribution in [0, 0.1) is 17.2 Å². The fraction of sp³-hybridized carbons (Fsp3) is 0.529. The highest BCUT2D eigenvalue weighted by Crippen LogP contribution is 2.41. The third-order valence-corrected chi connectivity index (χ3v) is 4.45. The molecule has 3 rings (SSSR count). The third kappa shape index (κ3) is 3.23. The number of carbonyl (C=O) groups excluding carboxylic acids is 1. The Morgan fingerprint density at radius 3 is 2.59 bits per heavy atom. The summed E-state index contributed by atoms with van der Waals surface area (Å²) in [7, 11) is 0. The van der Waals surface area contributed by atoms with Crippen LogP contribution in [0.3, 0.4) is 0 Å². The average molecular weight is 300 g/mol. The van der Waals surface area contributed by atoms with Crippen molar-refractivity contribution in [1.29, 1.82) is 5.26 Å². The number of nitrogens with zero attached hydrogens (tertiary/aromatic N) is 2. The minimum Gasteiger partial charge on any atom is -0.487 e. The number of rotatable bonds is 5. The van der Waals surface area contributed by atoms with Crippen molar-refractivity contribution in [2.75, 3.05) is 13.1 Å². The molecule has 1 unspecified atom stereocenters. The lowest BCUT2D eigenvalue weighted by molar-refractivity contribution is -0.145. The maximum Gasteiger partial charge on any atom is 0.225 e. The SMILES string of the molecule is CC(O)(CC(=O)N1CC(Oc2ccc(C#N)cc2)C1)C1CC1. The van der Waals surface area contributed by atoms with E-state index in [1.807, 2.05) is 0 Å². The number of amides is 1. The lowest BCUT2D eigenvalue weighted by Crippen LogP contribution is -2.57. The molecule has 1 aromatic rings. The van der Waals surface area contributed by atoms with Crippen molar-refractivity contribution >= 4 is 5.91 Å². The lowest BCUT2D eigenvalue weighted by Gasteiger charge is -2.40. The zero-order chi connectivity index (χ0) is 15.7. The van der Waals surface area contributed by atoms with E-state index < -0.39 is 5.60 Å². The fourth-order valence-corrected chi connectivity index (χ4v) is 2.78. The molecule has 0 aromatic heterocycles. The van der Waals surface area contributed by atoms with Gasteiger partial charge in [0.2, 0.25) is 5.91 Å². The van der Waals surface area contributed by atoms with Crippen LogP contribution in [0.1, 0.15) is 31.7 Å². The summed E-state index contributed by atoms with van der Waals surface area (Å²) in [6, 6.07) is 9.01. The first kappa shape index (κ1) is 14.9. The molecule has 1 aliphatic carbocycles. The van der Waals surface area contributed by atoms with Gasteiger partial charge >= 0.3 is 0 Å². The molecule has 1 N–H and O–H groups in total. The van der Waals surface area contributed by atoms with Crippen LogP contribution in [0.15, 0.2) is 24.3 Å². The second-order valence-electron chi connectivity index (χ2n) is 6.48. The topological polar surface area (TPSA) is 73.6 Å². The van der Waals surface area contributed by atoms with Gasteiger partial charge in [-0.25, -0.2) is 0 Å². The molecular weight excluding hydrogens is 280 g/mol. The van der Waals surface area contributed by atoms with Gasteiger partial charge < -0.3 is 14.7 Å². The van der Waals surface area contributed by atoms with Crippen molar-refractivity contribution in [3.63, 3.8) is 0 Å². The van der Waals surface area contributed by atoms with Gasteiger partial charge in [-0.3, -0.25) is 4.79 Å². The molecule has 1 heterocycles. The fourth-order valence-electron chi connectivity index (χ4n) is 2.78. The maximum atomic E-state index is 12.1. The van der Waals surface area contributed by atoms with Crippen LogP contribution in [-0.4, -0.2) is 40.7 Å². The van der Waals surface area contributed by atoms with Crippen LogP contribution in [0.2, 0.25) is 0 Å². The summed E-state index contributed by atoms with van der Waals surface area (Å²) in [6.07, 6.45) is 2.22. The first-order valence-corrected chi connectivity index (χ1v) is 7.65. The molecule has 1 saturated heterocycles. The summed E-state index contributed by atoms with van der Waals surface area (Å²) >= 11 is 0. The molecule has 5 heteroatoms. The summed E-state index contributed by atoms with van der Waals surface area (Å²) in [6.45, 7) is 2.87. The highest BCUT2D eigenvalue weighted by atomic mass is 16.5. The Morgan fingerprint density at radius 1 is 1.41 bits per heavy atom. The summed E-state index contributed by atoms with van der Waals surface area (Å²) in [5.41, 5.74) is -0.268. The van der Waals surface area contributed by atoms with Crippen molar-refractivity contribution in [3.05, 3.63) is 29.8 Å². The van der Waals surface area contributed by atoms with Crippen molar-refractivity contribution in [3.8, 4) is 11.8 Å². The van der Waals surface area contributed by atoms with E-state index >= 15 is 0 Å². The first-order chi connectivity index (χ1) is 10.5. The maximum absolute atomic E-state index is 12.1. The largest absolute Gasteiger partial charge is 0.487 e. The Bertz CT molecular complexity index is 593. The average Bonchev–Trinajstić information content (AvgIpc) is 3.27. The minimum atomic E-state index is -0.865. The van der Waals surface area contributed by atoms with Crippen LogP contribution < -0.4 is 4.74 Å². The molecule has 1 aliphatic heterocycles. The molecule has 0 bridgehead atoms. The zero-order valence-electron chi connectivity index (χ0n) is 12.7. The standard InChI is InChI=1S/C17H20N2O3/c1-17(21,13-4-5-13)8-16(20)19-10-15(11-19)22-14-6-2-12(9-18)3-7-14/h2-3,6-7,13,15,21H,4-5,8,10-11H2,1H3. The van der Waals surface area contributed by atoms with E-state index in [1.54, 1.807) is 36.1 Å². The van der Waals surface area contributed by atoms with Crippen molar-refractivity contribution in [2.45, 2.75) is 37.9 Å². The minimum absolute atomic E-state index is 0.00317. The summed E-state index contributed by atoms with van der Waals surface area (Å²) in [5, 5.41) is 19.0. The van der Waals surface area contributed by atoms with E-state index in [0.717, 1.165) is 12.8 Å². The van der Waals surface area contributed by atoms with Crippen molar-refractivity contribution in [2.24, 2.45) is 5.92 Å². The Labute approximate surface area is 130 Å². The van der Waals surface area contributed by atoms with E-state index in [0.29, 0.717) is 24.4 Å². The summed E-state index contributed by atoms with van der Waals surface area (Å²) in [5.74, 6) is 0.987. The molecule has 2 aliphatic rings. The number of aliphatic hydroxyl groups is 1. The van der Waals surface area contributed by atoms with Crippen LogP contribution in [-0.2, 0) is 4.79 Å². The number of hydrogen-bond acceptors (Lipinski definition) is 4. The van der Waals surface area contributed by atoms with Gasteiger partial charge in [0.25, 0.3) is 0 Å². The third-order valence-electron chi connectivity index (χ3n) is 4.45. The van der Waals surface area contributed by atoms with Gasteiger partial charge in [0.05, 0.1) is 36.7 Å². The quantitative estimate of drug-likeness (QED) is 0.898. The smallest absolute Gasteiger partial charge is 0.225 e. The normalized spacial score (nSPS) is 20.7. The number of carbonyl (C=O) groups is 1. The molecule has 1 saturated carbocycles. The number of hydrogen-bond donors (Lipinski definition) is 1. The van der Waals surface area contributed by atoms with Crippen LogP contribution in [0.5, 0.6) is 5.75 Å². The van der Waals surface area contributed by atoms with Crippen molar-refractivity contribution < 1.29 is 14.6 Å². The Kier molecular flexibility index (Phi) is 3.79. The van der Waals surface area contributed by atoms with E-state index in [9.17, 15) is 9.90 Å². The Hall–Kier alpha value is -2.06. The van der Waals surface area contributed by atoms with Crippen molar-refractivity contribution in [1.82, 2.24) is 4.90 Å². The molecule has 0 radical (unpaired) electrons. The first-order valence-electron chi connectivity index (χ1n) is 7.65. The van der Waals surface area contributed by atoms with Gasteiger partial charge in [0.1, 0.15) is 11.9 Å². The number of ether oxygens (including phenoxy) is 1. The van der Waals surface area contributed by atoms with Gasteiger partial charge in [-0.15, -0.1) is 0 Å². The Morgan fingerprint density at radius 2 is 2.05 bits per heavy atom. The molecule has 1 aromatic carbocycles. The van der Waals surface area contributed by atoms with Gasteiger partial charge in [-0.05, 0) is 49.9 Å². The number of nitriles is 1. The van der Waals surface area contributed by atoms with Crippen LogP contribution in [0.4, 0.5) is 0 Å². The molecule has 116 valence electrons. The second-order valence-corrected chi connectivity index (χ2v) is 6.48. The van der Waals surface area contributed by atoms with E-state index in [4.69, 9.17) is 10.00 Å². The second kappa shape index (κ2) is 5.62. The predicted octanol–water partition coefficient (Wildman–Crippen LogP) is 1.70. The van der Waals surface area contributed by atoms with Gasteiger partial charge in [-0.2, -0.15) is 5.26 Å². The lowest BCUT2D eigenvalue weighted by atomic mass is 9.94. The zero-order valence-corrected chi connectivity index (χ0v) is 12.7. The van der Waals surface area contributed by atoms with Gasteiger partial charge in [0.15, 0.2) is 0 Å². The molecule has 22 heavy (non-hydrogen) atoms. The number of benzene rings is 1. The molecule has 2 fully saturated rings. The summed E-state index contributed by atoms with van der Waals surface area (Å²) in [4.78, 5) is 13.9. The summed E-state index contributed by atoms with van der Waals surface area (Å²) < 4.78 is 5.75. The monoisotopic (exact) mass is 300 g/mol. The molecule has 0 spiro atoms. The highest BCUT2D eigenvalue weighted by Gasteiger charge is 2.43. The van der Waals surface area contributed by atoms with E-state index in [2.05, 4.69) is 6.07 Å². The predicted molar refractivity (Wildman–Crippen MR) is 80.1 cm³/mol. The van der Waals surface area contributed by atoms with Crippen LogP contribution in [0.25, 0.3) is 0 Å². The molecule has 1 atom stereocenters. The molecule has 1 amide bonds. The van der Waals surface area contributed by atoms with E-state index in [-0.39, 0.29) is 24.3 Å². The molecule has 5 nitrogen and oxygen atoms in total. The van der Waals surface area contributed by atoms with Crippen LogP contribution >= 0.6 is 0 Å². The van der Waals surface area contributed by atoms with E-state index in [1.165, 1.54) is 0 Å². The van der Waals surface area contributed by atoms with Gasteiger partial charge in [0, 0.05) is 0 Å².